The quantitative estimate of drug-likeness (QED) is 0.762. The van der Waals surface area contributed by atoms with Crippen LogP contribution in [0.5, 0.6) is 0 Å². The van der Waals surface area contributed by atoms with Gasteiger partial charge in [-0.05, 0) is 24.5 Å². The van der Waals surface area contributed by atoms with Crippen LogP contribution in [0.1, 0.15) is 19.5 Å². The average Bonchev–Trinajstić information content (AvgIpc) is 2.68. The monoisotopic (exact) mass is 255 g/mol. The maximum Gasteiger partial charge on any atom is 0.162 e. The lowest BCUT2D eigenvalue weighted by Gasteiger charge is -2.07. The minimum Gasteiger partial charge on any atom is -0.382 e. The summed E-state index contributed by atoms with van der Waals surface area (Å²) in [5, 5.41) is 6.63. The van der Waals surface area contributed by atoms with Crippen molar-refractivity contribution in [2.24, 2.45) is 13.0 Å². The molecule has 3 heterocycles. The summed E-state index contributed by atoms with van der Waals surface area (Å²) in [6.45, 7) is 4.40. The van der Waals surface area contributed by atoms with E-state index in [2.05, 4.69) is 28.9 Å². The number of hydrogen-bond donors (Lipinski definition) is 1. The van der Waals surface area contributed by atoms with Crippen LogP contribution in [0.4, 0.5) is 5.82 Å². The van der Waals surface area contributed by atoms with E-state index in [4.69, 9.17) is 5.73 Å². The molecule has 0 aromatic carbocycles. The Morgan fingerprint density at radius 1 is 1.37 bits per heavy atom. The Balaban J connectivity index is 2.45. The number of nitrogens with two attached hydrogens (primary N) is 1. The summed E-state index contributed by atoms with van der Waals surface area (Å²) < 4.78 is 1.91. The van der Waals surface area contributed by atoms with Gasteiger partial charge in [0.2, 0.25) is 0 Å². The van der Waals surface area contributed by atoms with Gasteiger partial charge in [-0.15, -0.1) is 0 Å². The zero-order valence-electron chi connectivity index (χ0n) is 11.4. The van der Waals surface area contributed by atoms with Crippen LogP contribution < -0.4 is 5.73 Å². The lowest BCUT2D eigenvalue weighted by atomic mass is 10.0. The molecule has 3 aromatic heterocycles. The van der Waals surface area contributed by atoms with Crippen molar-refractivity contribution in [2.45, 2.75) is 20.3 Å². The van der Waals surface area contributed by atoms with Crippen molar-refractivity contribution in [3.8, 4) is 0 Å². The topological polar surface area (TPSA) is 69.6 Å². The van der Waals surface area contributed by atoms with Crippen LogP contribution in [-0.2, 0) is 13.5 Å². The average molecular weight is 255 g/mol. The van der Waals surface area contributed by atoms with E-state index in [0.29, 0.717) is 17.4 Å². The fourth-order valence-electron chi connectivity index (χ4n) is 2.49. The third kappa shape index (κ3) is 1.82. The van der Waals surface area contributed by atoms with Crippen molar-refractivity contribution in [1.29, 1.82) is 0 Å². The number of rotatable bonds is 2. The van der Waals surface area contributed by atoms with Crippen molar-refractivity contribution in [1.82, 2.24) is 19.7 Å². The maximum atomic E-state index is 6.01. The first-order valence-electron chi connectivity index (χ1n) is 6.43. The Morgan fingerprint density at radius 3 is 2.89 bits per heavy atom. The van der Waals surface area contributed by atoms with Gasteiger partial charge in [0.15, 0.2) is 11.5 Å². The van der Waals surface area contributed by atoms with Crippen molar-refractivity contribution in [3.05, 3.63) is 24.0 Å². The van der Waals surface area contributed by atoms with E-state index in [-0.39, 0.29) is 0 Å². The second-order valence-electron chi connectivity index (χ2n) is 5.26. The summed E-state index contributed by atoms with van der Waals surface area (Å²) in [6, 6.07) is 3.95. The highest BCUT2D eigenvalue weighted by Gasteiger charge is 2.17. The standard InChI is InChI=1S/C14H17N5/c1-8(2)7-10-11-9-5-4-6-16-14(9)17-13(15)12(11)18-19(10)3/h4-6,8H,7H2,1-3H3,(H2,15,16,17). The zero-order valence-corrected chi connectivity index (χ0v) is 11.4. The fraction of sp³-hybridized carbons (Fsp3) is 0.357. The predicted octanol–water partition coefficient (Wildman–Crippen LogP) is 2.30. The van der Waals surface area contributed by atoms with Gasteiger partial charge in [-0.2, -0.15) is 5.10 Å². The summed E-state index contributed by atoms with van der Waals surface area (Å²) in [7, 11) is 1.96. The number of aryl methyl sites for hydroxylation is 1. The number of aromatic nitrogens is 4. The normalized spacial score (nSPS) is 11.8. The molecular weight excluding hydrogens is 238 g/mol. The van der Waals surface area contributed by atoms with E-state index in [1.165, 1.54) is 5.69 Å². The largest absolute Gasteiger partial charge is 0.382 e. The zero-order chi connectivity index (χ0) is 13.6. The van der Waals surface area contributed by atoms with Gasteiger partial charge in [-0.3, -0.25) is 4.68 Å². The Hall–Kier alpha value is -2.17. The third-order valence-electron chi connectivity index (χ3n) is 3.29. The molecule has 0 bridgehead atoms. The van der Waals surface area contributed by atoms with Gasteiger partial charge in [0, 0.05) is 29.7 Å². The summed E-state index contributed by atoms with van der Waals surface area (Å²) in [4.78, 5) is 8.62. The minimum absolute atomic E-state index is 0.451. The Morgan fingerprint density at radius 2 is 2.16 bits per heavy atom. The molecule has 0 radical (unpaired) electrons. The number of anilines is 1. The van der Waals surface area contributed by atoms with E-state index in [1.54, 1.807) is 6.20 Å². The molecule has 0 saturated carbocycles. The summed E-state index contributed by atoms with van der Waals surface area (Å²) in [6.07, 6.45) is 2.69. The molecule has 0 aliphatic carbocycles. The lowest BCUT2D eigenvalue weighted by Crippen LogP contribution is -2.02. The number of hydrogen-bond acceptors (Lipinski definition) is 4. The Bertz CT molecular complexity index is 757. The molecule has 5 heteroatoms. The molecule has 0 spiro atoms. The van der Waals surface area contributed by atoms with Crippen molar-refractivity contribution < 1.29 is 0 Å². The Kier molecular flexibility index (Phi) is 2.62. The van der Waals surface area contributed by atoms with Crippen LogP contribution in [-0.4, -0.2) is 19.7 Å². The summed E-state index contributed by atoms with van der Waals surface area (Å²) in [5.74, 6) is 1.01. The molecular formula is C14H17N5. The molecule has 3 rings (SSSR count). The van der Waals surface area contributed by atoms with Crippen LogP contribution in [0.2, 0.25) is 0 Å². The fourth-order valence-corrected chi connectivity index (χ4v) is 2.49. The predicted molar refractivity (Wildman–Crippen MR) is 76.8 cm³/mol. The molecule has 2 N–H and O–H groups in total. The summed E-state index contributed by atoms with van der Waals surface area (Å²) >= 11 is 0. The molecule has 0 aliphatic heterocycles. The highest BCUT2D eigenvalue weighted by molar-refractivity contribution is 6.08. The summed E-state index contributed by atoms with van der Waals surface area (Å²) in [5.41, 5.74) is 8.66. The second kappa shape index (κ2) is 4.19. The van der Waals surface area contributed by atoms with E-state index >= 15 is 0 Å². The van der Waals surface area contributed by atoms with Crippen molar-refractivity contribution in [3.63, 3.8) is 0 Å². The number of nitrogen functional groups attached to an aromatic ring is 1. The van der Waals surface area contributed by atoms with Gasteiger partial charge in [0.25, 0.3) is 0 Å². The third-order valence-corrected chi connectivity index (χ3v) is 3.29. The first-order chi connectivity index (χ1) is 9.08. The van der Waals surface area contributed by atoms with Gasteiger partial charge in [0.05, 0.1) is 0 Å². The first-order valence-corrected chi connectivity index (χ1v) is 6.43. The lowest BCUT2D eigenvalue weighted by molar-refractivity contribution is 0.600. The van der Waals surface area contributed by atoms with E-state index < -0.39 is 0 Å². The van der Waals surface area contributed by atoms with Crippen molar-refractivity contribution >= 4 is 27.8 Å². The maximum absolute atomic E-state index is 6.01. The molecule has 0 atom stereocenters. The number of fused-ring (bicyclic) bond motifs is 3. The van der Waals surface area contributed by atoms with E-state index in [0.717, 1.165) is 22.7 Å². The second-order valence-corrected chi connectivity index (χ2v) is 5.26. The molecule has 0 fully saturated rings. The van der Waals surface area contributed by atoms with Crippen LogP contribution in [0.3, 0.4) is 0 Å². The highest BCUT2D eigenvalue weighted by Crippen LogP contribution is 2.30. The molecule has 0 unspecified atom stereocenters. The smallest absolute Gasteiger partial charge is 0.162 e. The molecule has 0 aliphatic rings. The van der Waals surface area contributed by atoms with Gasteiger partial charge in [-0.25, -0.2) is 9.97 Å². The van der Waals surface area contributed by atoms with E-state index in [9.17, 15) is 0 Å². The SMILES string of the molecule is CC(C)Cc1c2c(nn1C)c(N)nc1ncccc12. The molecule has 5 nitrogen and oxygen atoms in total. The highest BCUT2D eigenvalue weighted by atomic mass is 15.3. The van der Waals surface area contributed by atoms with E-state index in [1.807, 2.05) is 23.9 Å². The Labute approximate surface area is 111 Å². The van der Waals surface area contributed by atoms with Gasteiger partial charge in [0.1, 0.15) is 5.52 Å². The van der Waals surface area contributed by atoms with Crippen molar-refractivity contribution in [2.75, 3.05) is 5.73 Å². The minimum atomic E-state index is 0.451. The number of pyridine rings is 2. The molecule has 0 amide bonds. The van der Waals surface area contributed by atoms with Crippen LogP contribution in [0.15, 0.2) is 18.3 Å². The molecule has 3 aromatic rings. The molecule has 98 valence electrons. The van der Waals surface area contributed by atoms with Crippen LogP contribution in [0.25, 0.3) is 21.9 Å². The molecule has 0 saturated heterocycles. The van der Waals surface area contributed by atoms with Gasteiger partial charge < -0.3 is 5.73 Å². The van der Waals surface area contributed by atoms with Gasteiger partial charge in [-0.1, -0.05) is 13.8 Å². The number of nitrogens with zero attached hydrogens (tertiary/aromatic N) is 4. The van der Waals surface area contributed by atoms with Crippen LogP contribution >= 0.6 is 0 Å². The van der Waals surface area contributed by atoms with Gasteiger partial charge >= 0.3 is 0 Å². The first kappa shape index (κ1) is 11.9. The molecule has 19 heavy (non-hydrogen) atoms. The van der Waals surface area contributed by atoms with Crippen LogP contribution in [0, 0.1) is 5.92 Å².